The highest BCUT2D eigenvalue weighted by atomic mass is 16.1. The number of carbonyl (C=O) groups excluding carboxylic acids is 1. The van der Waals surface area contributed by atoms with Gasteiger partial charge in [-0.15, -0.1) is 0 Å². The summed E-state index contributed by atoms with van der Waals surface area (Å²) >= 11 is 0. The van der Waals surface area contributed by atoms with Crippen molar-refractivity contribution in [2.75, 3.05) is 24.5 Å². The van der Waals surface area contributed by atoms with E-state index in [4.69, 9.17) is 4.98 Å². The number of hydrogen-bond acceptors (Lipinski definition) is 9. The molecule has 1 saturated carbocycles. The van der Waals surface area contributed by atoms with Crippen LogP contribution in [0.5, 0.6) is 0 Å². The van der Waals surface area contributed by atoms with Crippen LogP contribution < -0.4 is 21.1 Å². The van der Waals surface area contributed by atoms with E-state index in [2.05, 4.69) is 25.6 Å². The number of nitrogens with zero attached hydrogens (tertiary/aromatic N) is 6. The molecule has 32 heavy (non-hydrogen) atoms. The van der Waals surface area contributed by atoms with Crippen molar-refractivity contribution in [2.45, 2.75) is 44.8 Å². The molecule has 0 aromatic carbocycles. The van der Waals surface area contributed by atoms with Gasteiger partial charge in [-0.2, -0.15) is 4.98 Å². The summed E-state index contributed by atoms with van der Waals surface area (Å²) in [5.74, 6) is 0.789. The molecule has 0 radical (unpaired) electrons. The molecule has 3 aromatic rings. The molecule has 0 spiro atoms. The third-order valence-electron chi connectivity index (χ3n) is 6.09. The van der Waals surface area contributed by atoms with Crippen LogP contribution in [0.4, 0.5) is 11.8 Å². The number of Topliss-reactive ketones (excluding diaryl/α,β-unsaturated/α-hetero) is 1. The van der Waals surface area contributed by atoms with Crippen molar-refractivity contribution in [3.8, 4) is 0 Å². The highest BCUT2D eigenvalue weighted by molar-refractivity contribution is 5.93. The fourth-order valence-corrected chi connectivity index (χ4v) is 4.56. The molecule has 2 aliphatic rings. The van der Waals surface area contributed by atoms with Crippen molar-refractivity contribution in [1.29, 1.82) is 0 Å². The normalized spacial score (nSPS) is 19.3. The predicted molar refractivity (Wildman–Crippen MR) is 120 cm³/mol. The summed E-state index contributed by atoms with van der Waals surface area (Å²) < 4.78 is 1.67. The zero-order valence-corrected chi connectivity index (χ0v) is 18.0. The van der Waals surface area contributed by atoms with Gasteiger partial charge in [-0.1, -0.05) is 18.9 Å². The van der Waals surface area contributed by atoms with E-state index in [1.54, 1.807) is 17.0 Å². The summed E-state index contributed by atoms with van der Waals surface area (Å²) in [6.07, 6.45) is 7.09. The third-order valence-corrected chi connectivity index (χ3v) is 6.09. The second-order valence-corrected chi connectivity index (χ2v) is 8.24. The molecule has 2 N–H and O–H groups in total. The first-order valence-electron chi connectivity index (χ1n) is 11.1. The number of carbonyl (C=O) groups is 1. The van der Waals surface area contributed by atoms with Gasteiger partial charge in [0.2, 0.25) is 5.95 Å². The molecule has 0 bridgehead atoms. The van der Waals surface area contributed by atoms with E-state index in [0.29, 0.717) is 29.5 Å². The Morgan fingerprint density at radius 1 is 1.16 bits per heavy atom. The average Bonchev–Trinajstić information content (AvgIpc) is 3.34. The van der Waals surface area contributed by atoms with Gasteiger partial charge in [0.1, 0.15) is 17.5 Å². The van der Waals surface area contributed by atoms with Crippen molar-refractivity contribution < 1.29 is 4.79 Å². The summed E-state index contributed by atoms with van der Waals surface area (Å²) in [6.45, 7) is 3.74. The minimum atomic E-state index is -0.372. The number of fused-ring (bicyclic) bond motifs is 1. The van der Waals surface area contributed by atoms with Crippen LogP contribution in [0.15, 0.2) is 35.4 Å². The van der Waals surface area contributed by atoms with Crippen molar-refractivity contribution in [1.82, 2.24) is 35.1 Å². The standard InChI is InChI=1S/C22H26N8O2/c1-14(31)19-21(32)29(15-6-2-3-7-15)20-16(27-19)12-26-22(28-20)30(17-8-4-5-9-24-17)18-13-23-10-11-25-18/h4-5,8-9,12,15,18,23,25H,2-3,6-7,10-11,13H2,1H3. The maximum Gasteiger partial charge on any atom is 0.282 e. The molecule has 166 valence electrons. The molecule has 10 heteroatoms. The lowest BCUT2D eigenvalue weighted by Crippen LogP contribution is -2.56. The molecular formula is C22H26N8O2. The first kappa shape index (κ1) is 20.7. The summed E-state index contributed by atoms with van der Waals surface area (Å²) in [5, 5.41) is 6.87. The van der Waals surface area contributed by atoms with E-state index in [9.17, 15) is 9.59 Å². The Morgan fingerprint density at radius 2 is 2.00 bits per heavy atom. The number of anilines is 2. The molecular weight excluding hydrogens is 408 g/mol. The van der Waals surface area contributed by atoms with Crippen LogP contribution >= 0.6 is 0 Å². The fraction of sp³-hybridized carbons (Fsp3) is 0.455. The smallest absolute Gasteiger partial charge is 0.282 e. The van der Waals surface area contributed by atoms with E-state index >= 15 is 0 Å². The zero-order chi connectivity index (χ0) is 22.1. The average molecular weight is 435 g/mol. The Balaban J connectivity index is 1.70. The first-order chi connectivity index (χ1) is 15.6. The maximum atomic E-state index is 13.2. The van der Waals surface area contributed by atoms with Crippen molar-refractivity contribution in [2.24, 2.45) is 0 Å². The highest BCUT2D eigenvalue weighted by Crippen LogP contribution is 2.31. The number of pyridine rings is 1. The topological polar surface area (TPSA) is 118 Å². The van der Waals surface area contributed by atoms with Gasteiger partial charge in [0.15, 0.2) is 17.1 Å². The quantitative estimate of drug-likeness (QED) is 0.577. The van der Waals surface area contributed by atoms with Crippen molar-refractivity contribution in [3.63, 3.8) is 0 Å². The van der Waals surface area contributed by atoms with Crippen LogP contribution in [0.1, 0.15) is 49.1 Å². The van der Waals surface area contributed by atoms with E-state index in [-0.39, 0.29) is 29.2 Å². The third kappa shape index (κ3) is 3.76. The molecule has 1 atom stereocenters. The minimum Gasteiger partial charge on any atom is -0.312 e. The Labute approximate surface area is 185 Å². The van der Waals surface area contributed by atoms with Crippen LogP contribution in [0.2, 0.25) is 0 Å². The van der Waals surface area contributed by atoms with E-state index < -0.39 is 0 Å². The summed E-state index contributed by atoms with van der Waals surface area (Å²) in [4.78, 5) is 45.5. The van der Waals surface area contributed by atoms with Crippen LogP contribution in [0.25, 0.3) is 11.2 Å². The summed E-state index contributed by atoms with van der Waals surface area (Å²) in [5.41, 5.74) is 0.478. The van der Waals surface area contributed by atoms with Crippen LogP contribution in [-0.4, -0.2) is 56.1 Å². The Bertz CT molecular complexity index is 1180. The van der Waals surface area contributed by atoms with E-state index in [1.165, 1.54) is 6.92 Å². The second-order valence-electron chi connectivity index (χ2n) is 8.24. The molecule has 10 nitrogen and oxygen atoms in total. The van der Waals surface area contributed by atoms with Gasteiger partial charge in [0, 0.05) is 38.8 Å². The summed E-state index contributed by atoms with van der Waals surface area (Å²) in [6, 6.07) is 5.69. The lowest BCUT2D eigenvalue weighted by atomic mass is 10.2. The highest BCUT2D eigenvalue weighted by Gasteiger charge is 2.28. The van der Waals surface area contributed by atoms with Gasteiger partial charge in [0.05, 0.1) is 6.20 Å². The van der Waals surface area contributed by atoms with Crippen molar-refractivity contribution in [3.05, 3.63) is 46.6 Å². The molecule has 1 aliphatic heterocycles. The molecule has 1 saturated heterocycles. The Kier molecular flexibility index (Phi) is 5.62. The first-order valence-corrected chi connectivity index (χ1v) is 11.1. The Morgan fingerprint density at radius 3 is 2.69 bits per heavy atom. The molecule has 2 fully saturated rings. The molecule has 1 unspecified atom stereocenters. The van der Waals surface area contributed by atoms with Crippen LogP contribution in [0.3, 0.4) is 0 Å². The van der Waals surface area contributed by atoms with E-state index in [1.807, 2.05) is 23.1 Å². The van der Waals surface area contributed by atoms with Crippen LogP contribution in [0, 0.1) is 0 Å². The van der Waals surface area contributed by atoms with Gasteiger partial charge >= 0.3 is 0 Å². The predicted octanol–water partition coefficient (Wildman–Crippen LogP) is 1.56. The zero-order valence-electron chi connectivity index (χ0n) is 18.0. The monoisotopic (exact) mass is 434 g/mol. The van der Waals surface area contributed by atoms with Crippen molar-refractivity contribution >= 4 is 28.7 Å². The second kappa shape index (κ2) is 8.71. The Hall–Kier alpha value is -3.24. The van der Waals surface area contributed by atoms with Gasteiger partial charge in [-0.05, 0) is 25.0 Å². The number of ketones is 1. The lowest BCUT2D eigenvalue weighted by molar-refractivity contribution is 0.101. The lowest BCUT2D eigenvalue weighted by Gasteiger charge is -2.34. The maximum absolute atomic E-state index is 13.2. The molecule has 3 aromatic heterocycles. The minimum absolute atomic E-state index is 0.00613. The van der Waals surface area contributed by atoms with Crippen LogP contribution in [-0.2, 0) is 0 Å². The number of nitrogens with one attached hydrogen (secondary N) is 2. The molecule has 1 aliphatic carbocycles. The van der Waals surface area contributed by atoms with E-state index in [0.717, 1.165) is 38.8 Å². The number of rotatable bonds is 5. The van der Waals surface area contributed by atoms with Gasteiger partial charge in [0.25, 0.3) is 5.56 Å². The summed E-state index contributed by atoms with van der Waals surface area (Å²) in [7, 11) is 0. The molecule has 4 heterocycles. The number of aromatic nitrogens is 5. The SMILES string of the molecule is CC(=O)c1nc2cnc(N(c3ccccn3)C3CNCCN3)nc2n(C2CCCC2)c1=O. The van der Waals surface area contributed by atoms with Gasteiger partial charge in [-0.25, -0.2) is 15.0 Å². The molecule has 0 amide bonds. The largest absolute Gasteiger partial charge is 0.312 e. The number of piperazine rings is 1. The number of hydrogen-bond donors (Lipinski definition) is 2. The van der Waals surface area contributed by atoms with Gasteiger partial charge < -0.3 is 5.32 Å². The fourth-order valence-electron chi connectivity index (χ4n) is 4.56. The molecule has 5 rings (SSSR count). The van der Waals surface area contributed by atoms with Gasteiger partial charge in [-0.3, -0.25) is 24.4 Å².